The van der Waals surface area contributed by atoms with Gasteiger partial charge in [-0.3, -0.25) is 4.79 Å². The lowest BCUT2D eigenvalue weighted by Gasteiger charge is -2.32. The van der Waals surface area contributed by atoms with Gasteiger partial charge in [-0.25, -0.2) is 9.97 Å². The summed E-state index contributed by atoms with van der Waals surface area (Å²) in [6.45, 7) is 5.14. The van der Waals surface area contributed by atoms with E-state index < -0.39 is 0 Å². The predicted octanol–water partition coefficient (Wildman–Crippen LogP) is 2.60. The van der Waals surface area contributed by atoms with Gasteiger partial charge < -0.3 is 14.5 Å². The molecule has 5 rings (SSSR count). The van der Waals surface area contributed by atoms with Crippen molar-refractivity contribution in [3.05, 3.63) is 16.8 Å². The maximum atomic E-state index is 12.9. The van der Waals surface area contributed by atoms with E-state index in [4.69, 9.17) is 4.74 Å². The maximum absolute atomic E-state index is 12.9. The first-order valence-corrected chi connectivity index (χ1v) is 10.5. The fourth-order valence-electron chi connectivity index (χ4n) is 4.47. The van der Waals surface area contributed by atoms with Crippen molar-refractivity contribution in [2.75, 3.05) is 37.7 Å². The van der Waals surface area contributed by atoms with Crippen LogP contribution in [0, 0.1) is 5.92 Å². The summed E-state index contributed by atoms with van der Waals surface area (Å²) >= 11 is 1.74. The van der Waals surface area contributed by atoms with Crippen LogP contribution in [0.5, 0.6) is 0 Å². The van der Waals surface area contributed by atoms with E-state index in [0.29, 0.717) is 19.1 Å². The SMILES string of the molecule is O=C(C1CCOCC1)N1CCc2c(sc3ncnc(N4CCCC4)c23)C1. The molecule has 0 aliphatic carbocycles. The van der Waals surface area contributed by atoms with Crippen molar-refractivity contribution in [2.45, 2.75) is 38.6 Å². The van der Waals surface area contributed by atoms with E-state index in [9.17, 15) is 4.79 Å². The van der Waals surface area contributed by atoms with Gasteiger partial charge in [0.2, 0.25) is 5.91 Å². The van der Waals surface area contributed by atoms with Crippen LogP contribution < -0.4 is 4.90 Å². The molecule has 138 valence electrons. The molecule has 0 aromatic carbocycles. The molecular formula is C19H24N4O2S. The van der Waals surface area contributed by atoms with Gasteiger partial charge in [0, 0.05) is 43.6 Å². The molecule has 3 aliphatic heterocycles. The molecule has 2 aromatic heterocycles. The van der Waals surface area contributed by atoms with Crippen molar-refractivity contribution in [1.82, 2.24) is 14.9 Å². The number of hydrogen-bond acceptors (Lipinski definition) is 6. The predicted molar refractivity (Wildman–Crippen MR) is 102 cm³/mol. The second-order valence-electron chi connectivity index (χ2n) is 7.47. The topological polar surface area (TPSA) is 58.6 Å². The smallest absolute Gasteiger partial charge is 0.226 e. The van der Waals surface area contributed by atoms with Crippen LogP contribution in [0.15, 0.2) is 6.33 Å². The highest BCUT2D eigenvalue weighted by atomic mass is 32.1. The number of carbonyl (C=O) groups is 1. The molecule has 5 heterocycles. The minimum atomic E-state index is 0.139. The molecule has 7 heteroatoms. The summed E-state index contributed by atoms with van der Waals surface area (Å²) in [5.74, 6) is 1.55. The quantitative estimate of drug-likeness (QED) is 0.811. The second kappa shape index (κ2) is 6.78. The normalized spacial score (nSPS) is 21.4. The number of ether oxygens (including phenoxy) is 1. The Morgan fingerprint density at radius 1 is 1.15 bits per heavy atom. The van der Waals surface area contributed by atoms with Crippen molar-refractivity contribution in [2.24, 2.45) is 5.92 Å². The van der Waals surface area contributed by atoms with Crippen LogP contribution in [-0.2, 0) is 22.5 Å². The van der Waals surface area contributed by atoms with E-state index >= 15 is 0 Å². The summed E-state index contributed by atoms with van der Waals surface area (Å²) in [7, 11) is 0. The zero-order valence-corrected chi connectivity index (χ0v) is 15.8. The van der Waals surface area contributed by atoms with Crippen LogP contribution in [0.4, 0.5) is 5.82 Å². The molecule has 26 heavy (non-hydrogen) atoms. The zero-order valence-electron chi connectivity index (χ0n) is 14.9. The average molecular weight is 372 g/mol. The first kappa shape index (κ1) is 16.4. The first-order chi connectivity index (χ1) is 12.8. The molecule has 6 nitrogen and oxygen atoms in total. The summed E-state index contributed by atoms with van der Waals surface area (Å²) in [5.41, 5.74) is 1.38. The summed E-state index contributed by atoms with van der Waals surface area (Å²) < 4.78 is 5.41. The number of aromatic nitrogens is 2. The van der Waals surface area contributed by atoms with Crippen molar-refractivity contribution in [1.29, 1.82) is 0 Å². The van der Waals surface area contributed by atoms with Crippen LogP contribution in [0.25, 0.3) is 10.2 Å². The Morgan fingerprint density at radius 2 is 1.96 bits per heavy atom. The summed E-state index contributed by atoms with van der Waals surface area (Å²) in [6.07, 6.45) is 6.82. The molecule has 0 saturated carbocycles. The highest BCUT2D eigenvalue weighted by molar-refractivity contribution is 7.19. The third-order valence-electron chi connectivity index (χ3n) is 5.90. The molecule has 3 aliphatic rings. The maximum Gasteiger partial charge on any atom is 0.226 e. The van der Waals surface area contributed by atoms with Gasteiger partial charge in [-0.1, -0.05) is 0 Å². The summed E-state index contributed by atoms with van der Waals surface area (Å²) in [4.78, 5) is 28.9. The lowest BCUT2D eigenvalue weighted by molar-refractivity contribution is -0.139. The highest BCUT2D eigenvalue weighted by Crippen LogP contribution is 2.39. The van der Waals surface area contributed by atoms with Crippen LogP contribution in [-0.4, -0.2) is 53.6 Å². The lowest BCUT2D eigenvalue weighted by atomic mass is 9.97. The molecule has 0 radical (unpaired) electrons. The monoisotopic (exact) mass is 372 g/mol. The minimum Gasteiger partial charge on any atom is -0.381 e. The Bertz CT molecular complexity index is 824. The summed E-state index contributed by atoms with van der Waals surface area (Å²) in [5, 5.41) is 1.24. The number of amides is 1. The molecule has 0 N–H and O–H groups in total. The van der Waals surface area contributed by atoms with Gasteiger partial charge in [0.25, 0.3) is 0 Å². The standard InChI is InChI=1S/C19H24N4O2S/c24-19(13-4-9-25-10-5-13)23-8-3-14-15(11-23)26-18-16(14)17(20-12-21-18)22-6-1-2-7-22/h12-13H,1-11H2. The molecule has 0 unspecified atom stereocenters. The van der Waals surface area contributed by atoms with E-state index in [2.05, 4.69) is 19.8 Å². The van der Waals surface area contributed by atoms with Gasteiger partial charge >= 0.3 is 0 Å². The van der Waals surface area contributed by atoms with Crippen molar-refractivity contribution in [3.63, 3.8) is 0 Å². The Morgan fingerprint density at radius 3 is 2.77 bits per heavy atom. The van der Waals surface area contributed by atoms with Gasteiger partial charge in [0.1, 0.15) is 17.0 Å². The lowest BCUT2D eigenvalue weighted by Crippen LogP contribution is -2.41. The van der Waals surface area contributed by atoms with Crippen LogP contribution in [0.2, 0.25) is 0 Å². The third kappa shape index (κ3) is 2.77. The number of rotatable bonds is 2. The Balaban J connectivity index is 1.44. The molecule has 0 spiro atoms. The van der Waals surface area contributed by atoms with Crippen LogP contribution in [0.3, 0.4) is 0 Å². The van der Waals surface area contributed by atoms with E-state index in [0.717, 1.165) is 56.1 Å². The minimum absolute atomic E-state index is 0.139. The van der Waals surface area contributed by atoms with Gasteiger partial charge in [-0.2, -0.15) is 0 Å². The van der Waals surface area contributed by atoms with Crippen LogP contribution >= 0.6 is 11.3 Å². The van der Waals surface area contributed by atoms with E-state index in [1.165, 1.54) is 28.7 Å². The van der Waals surface area contributed by atoms with Gasteiger partial charge in [-0.05, 0) is 37.7 Å². The van der Waals surface area contributed by atoms with E-state index in [-0.39, 0.29) is 5.92 Å². The fourth-order valence-corrected chi connectivity index (χ4v) is 5.67. The van der Waals surface area contributed by atoms with Crippen LogP contribution in [0.1, 0.15) is 36.1 Å². The van der Waals surface area contributed by atoms with Gasteiger partial charge in [0.05, 0.1) is 11.9 Å². The highest BCUT2D eigenvalue weighted by Gasteiger charge is 2.31. The Hall–Kier alpha value is -1.73. The van der Waals surface area contributed by atoms with Gasteiger partial charge in [0.15, 0.2) is 0 Å². The van der Waals surface area contributed by atoms with Gasteiger partial charge in [-0.15, -0.1) is 11.3 Å². The molecule has 2 saturated heterocycles. The summed E-state index contributed by atoms with van der Waals surface area (Å²) in [6, 6.07) is 0. The molecule has 0 atom stereocenters. The largest absolute Gasteiger partial charge is 0.381 e. The number of fused-ring (bicyclic) bond motifs is 3. The Kier molecular flexibility index (Phi) is 4.29. The number of thiophene rings is 1. The molecule has 1 amide bonds. The number of nitrogens with zero attached hydrogens (tertiary/aromatic N) is 4. The second-order valence-corrected chi connectivity index (χ2v) is 8.56. The molecular weight excluding hydrogens is 348 g/mol. The number of hydrogen-bond donors (Lipinski definition) is 0. The number of anilines is 1. The van der Waals surface area contributed by atoms with E-state index in [1.54, 1.807) is 17.7 Å². The Labute approximate surface area is 157 Å². The molecule has 0 bridgehead atoms. The molecule has 2 aromatic rings. The molecule has 2 fully saturated rings. The van der Waals surface area contributed by atoms with Crippen molar-refractivity contribution >= 4 is 33.3 Å². The zero-order chi connectivity index (χ0) is 17.5. The fraction of sp³-hybridized carbons (Fsp3) is 0.632. The van der Waals surface area contributed by atoms with Crippen molar-refractivity contribution in [3.8, 4) is 0 Å². The van der Waals surface area contributed by atoms with E-state index in [1.807, 2.05) is 0 Å². The number of carbonyl (C=O) groups excluding carboxylic acids is 1. The third-order valence-corrected chi connectivity index (χ3v) is 7.03. The average Bonchev–Trinajstić information content (AvgIpc) is 3.35. The van der Waals surface area contributed by atoms with Crippen molar-refractivity contribution < 1.29 is 9.53 Å². The first-order valence-electron chi connectivity index (χ1n) is 9.68.